The van der Waals surface area contributed by atoms with Crippen molar-refractivity contribution in [2.45, 2.75) is 37.9 Å². The van der Waals surface area contributed by atoms with Gasteiger partial charge in [0, 0.05) is 5.92 Å². The lowest BCUT2D eigenvalue weighted by Gasteiger charge is -2.14. The van der Waals surface area contributed by atoms with Gasteiger partial charge >= 0.3 is 5.97 Å². The first-order valence-electron chi connectivity index (χ1n) is 7.26. The summed E-state index contributed by atoms with van der Waals surface area (Å²) < 4.78 is 16.1. The molecule has 0 amide bonds. The van der Waals surface area contributed by atoms with Crippen LogP contribution in [0.5, 0.6) is 0 Å². The van der Waals surface area contributed by atoms with Crippen molar-refractivity contribution in [3.05, 3.63) is 35.9 Å². The van der Waals surface area contributed by atoms with Gasteiger partial charge in [-0.3, -0.25) is 4.79 Å². The van der Waals surface area contributed by atoms with Crippen LogP contribution in [0, 0.1) is 11.8 Å². The molecule has 0 radical (unpaired) electrons. The Labute approximate surface area is 123 Å². The Hall–Kier alpha value is -1.43. The van der Waals surface area contributed by atoms with Gasteiger partial charge in [-0.15, -0.1) is 0 Å². The zero-order valence-electron chi connectivity index (χ0n) is 12.0. The van der Waals surface area contributed by atoms with Crippen molar-refractivity contribution < 1.29 is 24.1 Å². The molecule has 2 aliphatic rings. The van der Waals surface area contributed by atoms with E-state index in [1.807, 2.05) is 30.3 Å². The fourth-order valence-corrected chi connectivity index (χ4v) is 3.13. The molecule has 5 heteroatoms. The lowest BCUT2D eigenvalue weighted by Crippen LogP contribution is -2.25. The number of hydrogen-bond acceptors (Lipinski definition) is 5. The third-order valence-corrected chi connectivity index (χ3v) is 4.25. The van der Waals surface area contributed by atoms with Crippen molar-refractivity contribution >= 4 is 5.97 Å². The predicted octanol–water partition coefficient (Wildman–Crippen LogP) is 1.49. The van der Waals surface area contributed by atoms with Crippen LogP contribution in [0.1, 0.15) is 18.4 Å². The highest BCUT2D eigenvalue weighted by molar-refractivity contribution is 5.73. The number of aliphatic hydroxyl groups is 1. The van der Waals surface area contributed by atoms with Crippen molar-refractivity contribution in [3.63, 3.8) is 0 Å². The van der Waals surface area contributed by atoms with Crippen molar-refractivity contribution in [2.75, 3.05) is 7.11 Å². The van der Waals surface area contributed by atoms with Crippen molar-refractivity contribution in [1.82, 2.24) is 0 Å². The molecule has 1 saturated heterocycles. The van der Waals surface area contributed by atoms with Gasteiger partial charge in [0.25, 0.3) is 0 Å². The fourth-order valence-electron chi connectivity index (χ4n) is 3.13. The quantitative estimate of drug-likeness (QED) is 0.658. The second-order valence-corrected chi connectivity index (χ2v) is 5.68. The van der Waals surface area contributed by atoms with Gasteiger partial charge in [0.1, 0.15) is 6.10 Å². The third-order valence-electron chi connectivity index (χ3n) is 4.25. The van der Waals surface area contributed by atoms with E-state index in [0.717, 1.165) is 5.56 Å². The van der Waals surface area contributed by atoms with E-state index in [9.17, 15) is 9.90 Å². The fraction of sp³-hybridized carbons (Fsp3) is 0.562. The maximum Gasteiger partial charge on any atom is 0.309 e. The number of esters is 1. The van der Waals surface area contributed by atoms with Crippen LogP contribution in [0.25, 0.3) is 0 Å². The Morgan fingerprint density at radius 2 is 2.10 bits per heavy atom. The van der Waals surface area contributed by atoms with E-state index in [1.165, 1.54) is 7.11 Å². The number of rotatable bonds is 5. The van der Waals surface area contributed by atoms with E-state index in [1.54, 1.807) is 0 Å². The summed E-state index contributed by atoms with van der Waals surface area (Å²) in [5.74, 6) is -0.581. The molecule has 114 valence electrons. The van der Waals surface area contributed by atoms with Gasteiger partial charge in [0.05, 0.1) is 25.7 Å². The highest BCUT2D eigenvalue weighted by Gasteiger charge is 2.54. The molecule has 5 atom stereocenters. The number of carbonyl (C=O) groups is 1. The summed E-state index contributed by atoms with van der Waals surface area (Å²) in [5.41, 5.74) is 1.09. The van der Waals surface area contributed by atoms with Gasteiger partial charge in [0.15, 0.2) is 6.29 Å². The van der Waals surface area contributed by atoms with Crippen LogP contribution < -0.4 is 0 Å². The monoisotopic (exact) mass is 292 g/mol. The zero-order valence-corrected chi connectivity index (χ0v) is 12.0. The number of hydrogen-bond donors (Lipinski definition) is 1. The average Bonchev–Trinajstić information content (AvgIpc) is 3.19. The van der Waals surface area contributed by atoms with Crippen LogP contribution in [0.15, 0.2) is 30.3 Å². The molecule has 1 aromatic rings. The second kappa shape index (κ2) is 6.13. The lowest BCUT2D eigenvalue weighted by atomic mass is 9.93. The van der Waals surface area contributed by atoms with Crippen LogP contribution in [0.4, 0.5) is 0 Å². The highest BCUT2D eigenvalue weighted by Crippen LogP contribution is 2.44. The number of benzene rings is 1. The summed E-state index contributed by atoms with van der Waals surface area (Å²) >= 11 is 0. The number of ether oxygens (including phenoxy) is 3. The van der Waals surface area contributed by atoms with Crippen LogP contribution >= 0.6 is 0 Å². The maximum absolute atomic E-state index is 11.8. The van der Waals surface area contributed by atoms with Gasteiger partial charge < -0.3 is 19.3 Å². The smallest absolute Gasteiger partial charge is 0.309 e. The Morgan fingerprint density at radius 3 is 2.81 bits per heavy atom. The standard InChI is InChI=1S/C16H20O5/c1-19-15(18)13-8-11(17)7-12(13)14-16(21-14)20-9-10-5-3-2-4-6-10/h2-6,11-14,16-17H,7-9H2,1H3/t11-,12+,13+,14+,16?/m0/s1. The summed E-state index contributed by atoms with van der Waals surface area (Å²) in [7, 11) is 1.38. The highest BCUT2D eigenvalue weighted by atomic mass is 16.8. The normalized spacial score (nSPS) is 34.7. The molecule has 1 aromatic carbocycles. The first kappa shape index (κ1) is 14.5. The molecule has 1 aliphatic carbocycles. The molecular weight excluding hydrogens is 272 g/mol. The number of aliphatic hydroxyl groups excluding tert-OH is 1. The number of carbonyl (C=O) groups excluding carboxylic acids is 1. The van der Waals surface area contributed by atoms with Crippen LogP contribution in [0.3, 0.4) is 0 Å². The molecule has 0 aromatic heterocycles. The second-order valence-electron chi connectivity index (χ2n) is 5.68. The molecule has 1 heterocycles. The van der Waals surface area contributed by atoms with Crippen LogP contribution in [0.2, 0.25) is 0 Å². The van der Waals surface area contributed by atoms with Crippen molar-refractivity contribution in [2.24, 2.45) is 11.8 Å². The van der Waals surface area contributed by atoms with E-state index >= 15 is 0 Å². The molecule has 3 rings (SSSR count). The lowest BCUT2D eigenvalue weighted by molar-refractivity contribution is -0.147. The summed E-state index contributed by atoms with van der Waals surface area (Å²) in [6, 6.07) is 9.87. The molecule has 21 heavy (non-hydrogen) atoms. The largest absolute Gasteiger partial charge is 0.469 e. The number of methoxy groups -OCH3 is 1. The molecule has 0 spiro atoms. The molecule has 1 N–H and O–H groups in total. The van der Waals surface area contributed by atoms with E-state index in [-0.39, 0.29) is 30.2 Å². The van der Waals surface area contributed by atoms with E-state index in [4.69, 9.17) is 14.2 Å². The minimum atomic E-state index is -0.460. The zero-order chi connectivity index (χ0) is 14.8. The summed E-state index contributed by atoms with van der Waals surface area (Å²) in [6.07, 6.45) is 0.152. The topological polar surface area (TPSA) is 68.3 Å². The van der Waals surface area contributed by atoms with Gasteiger partial charge in [0.2, 0.25) is 0 Å². The molecule has 5 nitrogen and oxygen atoms in total. The molecule has 1 aliphatic heterocycles. The van der Waals surface area contributed by atoms with E-state index in [2.05, 4.69) is 0 Å². The van der Waals surface area contributed by atoms with E-state index < -0.39 is 6.10 Å². The van der Waals surface area contributed by atoms with Crippen molar-refractivity contribution in [3.8, 4) is 0 Å². The maximum atomic E-state index is 11.8. The minimum Gasteiger partial charge on any atom is -0.469 e. The Balaban J connectivity index is 1.53. The van der Waals surface area contributed by atoms with Crippen LogP contribution in [-0.2, 0) is 25.6 Å². The summed E-state index contributed by atoms with van der Waals surface area (Å²) in [6.45, 7) is 0.486. The molecule has 2 fully saturated rings. The van der Waals surface area contributed by atoms with Gasteiger partial charge in [-0.25, -0.2) is 0 Å². The first-order valence-corrected chi connectivity index (χ1v) is 7.26. The predicted molar refractivity (Wildman–Crippen MR) is 74.1 cm³/mol. The number of epoxide rings is 1. The van der Waals surface area contributed by atoms with Gasteiger partial charge in [-0.2, -0.15) is 0 Å². The molecular formula is C16H20O5. The van der Waals surface area contributed by atoms with Gasteiger partial charge in [-0.05, 0) is 18.4 Å². The Bertz CT molecular complexity index is 489. The molecule has 1 unspecified atom stereocenters. The molecule has 1 saturated carbocycles. The first-order chi connectivity index (χ1) is 10.2. The Kier molecular flexibility index (Phi) is 4.24. The van der Waals surface area contributed by atoms with E-state index in [0.29, 0.717) is 19.4 Å². The Morgan fingerprint density at radius 1 is 1.33 bits per heavy atom. The molecule has 0 bridgehead atoms. The minimum absolute atomic E-state index is 0.0202. The van der Waals surface area contributed by atoms with Gasteiger partial charge in [-0.1, -0.05) is 30.3 Å². The van der Waals surface area contributed by atoms with Crippen LogP contribution in [-0.4, -0.2) is 36.7 Å². The summed E-state index contributed by atoms with van der Waals surface area (Å²) in [5, 5.41) is 9.78. The third kappa shape index (κ3) is 3.26. The SMILES string of the molecule is COC(=O)[C@@H]1C[C@@H](O)C[C@H]1[C@H]1OC1OCc1ccccc1. The van der Waals surface area contributed by atoms with Crippen molar-refractivity contribution in [1.29, 1.82) is 0 Å². The average molecular weight is 292 g/mol. The summed E-state index contributed by atoms with van der Waals surface area (Å²) in [4.78, 5) is 11.8.